The van der Waals surface area contributed by atoms with Crippen molar-refractivity contribution < 1.29 is 9.59 Å². The molecule has 1 aliphatic rings. The van der Waals surface area contributed by atoms with Gasteiger partial charge in [0.15, 0.2) is 0 Å². The van der Waals surface area contributed by atoms with Gasteiger partial charge in [-0.1, -0.05) is 13.8 Å². The predicted octanol–water partition coefficient (Wildman–Crippen LogP) is 2.04. The van der Waals surface area contributed by atoms with Crippen LogP contribution >= 0.6 is 11.8 Å². The standard InChI is InChI=1S/C14H26N2O2S/c1-6-14(5)12(18)16(9-8-10-19-7-2)13(3,4)11(17)15-14/h6-10H2,1-5H3,(H,15,17). The first-order valence-corrected chi connectivity index (χ1v) is 8.17. The van der Waals surface area contributed by atoms with Crippen LogP contribution < -0.4 is 5.32 Å². The molecule has 1 aliphatic heterocycles. The zero-order chi connectivity index (χ0) is 14.7. The molecular weight excluding hydrogens is 260 g/mol. The van der Waals surface area contributed by atoms with E-state index in [4.69, 9.17) is 0 Å². The predicted molar refractivity (Wildman–Crippen MR) is 80.2 cm³/mol. The van der Waals surface area contributed by atoms with Gasteiger partial charge in [-0.05, 0) is 45.1 Å². The first kappa shape index (κ1) is 16.3. The van der Waals surface area contributed by atoms with E-state index in [1.165, 1.54) is 0 Å². The van der Waals surface area contributed by atoms with Gasteiger partial charge >= 0.3 is 0 Å². The number of hydrogen-bond donors (Lipinski definition) is 1. The van der Waals surface area contributed by atoms with Gasteiger partial charge in [-0.25, -0.2) is 0 Å². The maximum atomic E-state index is 12.6. The van der Waals surface area contributed by atoms with Crippen molar-refractivity contribution >= 4 is 23.6 Å². The molecule has 0 radical (unpaired) electrons. The van der Waals surface area contributed by atoms with E-state index in [-0.39, 0.29) is 11.8 Å². The second kappa shape index (κ2) is 6.16. The molecule has 0 bridgehead atoms. The Balaban J connectivity index is 2.82. The van der Waals surface area contributed by atoms with Crippen LogP contribution in [0.15, 0.2) is 0 Å². The van der Waals surface area contributed by atoms with Crippen molar-refractivity contribution in [2.24, 2.45) is 0 Å². The molecule has 0 aliphatic carbocycles. The van der Waals surface area contributed by atoms with Gasteiger partial charge in [-0.15, -0.1) is 0 Å². The van der Waals surface area contributed by atoms with Gasteiger partial charge in [0, 0.05) is 6.54 Å². The number of hydrogen-bond acceptors (Lipinski definition) is 3. The fraction of sp³-hybridized carbons (Fsp3) is 0.857. The molecule has 1 atom stereocenters. The lowest BCUT2D eigenvalue weighted by atomic mass is 9.86. The first-order chi connectivity index (χ1) is 8.79. The zero-order valence-corrected chi connectivity index (χ0v) is 13.5. The fourth-order valence-electron chi connectivity index (χ4n) is 2.22. The molecule has 0 aromatic carbocycles. The molecule has 1 fully saturated rings. The molecular formula is C14H26N2O2S. The Labute approximate surface area is 120 Å². The maximum Gasteiger partial charge on any atom is 0.248 e. The summed E-state index contributed by atoms with van der Waals surface area (Å²) in [4.78, 5) is 26.6. The lowest BCUT2D eigenvalue weighted by Crippen LogP contribution is -2.73. The molecule has 1 saturated heterocycles. The minimum absolute atomic E-state index is 0.0427. The number of piperazine rings is 1. The van der Waals surface area contributed by atoms with Gasteiger partial charge in [0.05, 0.1) is 0 Å². The van der Waals surface area contributed by atoms with Crippen LogP contribution in [0.4, 0.5) is 0 Å². The normalized spacial score (nSPS) is 26.5. The van der Waals surface area contributed by atoms with Crippen molar-refractivity contribution in [2.75, 3.05) is 18.1 Å². The van der Waals surface area contributed by atoms with Gasteiger partial charge < -0.3 is 10.2 Å². The smallest absolute Gasteiger partial charge is 0.248 e. The molecule has 1 N–H and O–H groups in total. The Hall–Kier alpha value is -0.710. The quantitative estimate of drug-likeness (QED) is 0.760. The van der Waals surface area contributed by atoms with Gasteiger partial charge in [0.2, 0.25) is 11.8 Å². The SMILES string of the molecule is CCSCCCN1C(=O)C(C)(CC)NC(=O)C1(C)C. The molecule has 110 valence electrons. The zero-order valence-electron chi connectivity index (χ0n) is 12.7. The van der Waals surface area contributed by atoms with Crippen LogP contribution in [-0.2, 0) is 9.59 Å². The van der Waals surface area contributed by atoms with Crippen molar-refractivity contribution in [3.05, 3.63) is 0 Å². The highest BCUT2D eigenvalue weighted by atomic mass is 32.2. The molecule has 1 unspecified atom stereocenters. The van der Waals surface area contributed by atoms with E-state index in [0.29, 0.717) is 13.0 Å². The minimum Gasteiger partial charge on any atom is -0.340 e. The highest BCUT2D eigenvalue weighted by molar-refractivity contribution is 7.99. The lowest BCUT2D eigenvalue weighted by Gasteiger charge is -2.48. The van der Waals surface area contributed by atoms with Crippen molar-refractivity contribution in [1.82, 2.24) is 10.2 Å². The Morgan fingerprint density at radius 2 is 1.84 bits per heavy atom. The fourth-order valence-corrected chi connectivity index (χ4v) is 2.84. The summed E-state index contributed by atoms with van der Waals surface area (Å²) in [6.45, 7) is 10.2. The highest BCUT2D eigenvalue weighted by Gasteiger charge is 2.50. The molecule has 5 heteroatoms. The maximum absolute atomic E-state index is 12.6. The third kappa shape index (κ3) is 3.25. The second-order valence-corrected chi connectivity index (χ2v) is 7.10. The van der Waals surface area contributed by atoms with Crippen LogP contribution in [0.2, 0.25) is 0 Å². The summed E-state index contributed by atoms with van der Waals surface area (Å²) in [6, 6.07) is 0. The number of nitrogens with one attached hydrogen (secondary N) is 1. The van der Waals surface area contributed by atoms with E-state index in [9.17, 15) is 9.59 Å². The number of carbonyl (C=O) groups is 2. The molecule has 0 saturated carbocycles. The van der Waals surface area contributed by atoms with Crippen molar-refractivity contribution in [1.29, 1.82) is 0 Å². The first-order valence-electron chi connectivity index (χ1n) is 7.02. The van der Waals surface area contributed by atoms with E-state index in [1.807, 2.05) is 39.5 Å². The number of thioether (sulfide) groups is 1. The van der Waals surface area contributed by atoms with Crippen LogP contribution in [0.1, 0.15) is 47.5 Å². The Morgan fingerprint density at radius 3 is 2.37 bits per heavy atom. The summed E-state index contributed by atoms with van der Waals surface area (Å²) in [5.74, 6) is 2.10. The summed E-state index contributed by atoms with van der Waals surface area (Å²) in [5, 5.41) is 2.88. The average Bonchev–Trinajstić information content (AvgIpc) is 2.36. The summed E-state index contributed by atoms with van der Waals surface area (Å²) in [6.07, 6.45) is 1.55. The van der Waals surface area contributed by atoms with Crippen molar-refractivity contribution in [2.45, 2.75) is 58.5 Å². The Morgan fingerprint density at radius 1 is 1.21 bits per heavy atom. The third-order valence-electron chi connectivity index (χ3n) is 3.92. The molecule has 0 aromatic rings. The molecule has 1 rings (SSSR count). The third-order valence-corrected chi connectivity index (χ3v) is 4.90. The summed E-state index contributed by atoms with van der Waals surface area (Å²) in [5.41, 5.74) is -1.49. The van der Waals surface area contributed by atoms with E-state index < -0.39 is 11.1 Å². The average molecular weight is 286 g/mol. The van der Waals surface area contributed by atoms with E-state index in [2.05, 4.69) is 12.2 Å². The molecule has 2 amide bonds. The second-order valence-electron chi connectivity index (χ2n) is 5.71. The molecule has 0 spiro atoms. The van der Waals surface area contributed by atoms with E-state index >= 15 is 0 Å². The minimum atomic E-state index is -0.747. The number of nitrogens with zero attached hydrogens (tertiary/aromatic N) is 1. The van der Waals surface area contributed by atoms with Gasteiger partial charge in [0.1, 0.15) is 11.1 Å². The highest BCUT2D eigenvalue weighted by Crippen LogP contribution is 2.28. The van der Waals surface area contributed by atoms with Crippen LogP contribution in [0.5, 0.6) is 0 Å². The summed E-state index contributed by atoms with van der Waals surface area (Å²) >= 11 is 1.87. The van der Waals surface area contributed by atoms with E-state index in [1.54, 1.807) is 4.90 Å². The Bertz CT molecular complexity index is 357. The van der Waals surface area contributed by atoms with E-state index in [0.717, 1.165) is 17.9 Å². The number of carbonyl (C=O) groups excluding carboxylic acids is 2. The molecule has 1 heterocycles. The summed E-state index contributed by atoms with van der Waals surface area (Å²) in [7, 11) is 0. The van der Waals surface area contributed by atoms with Crippen LogP contribution in [-0.4, -0.2) is 45.8 Å². The van der Waals surface area contributed by atoms with Crippen molar-refractivity contribution in [3.63, 3.8) is 0 Å². The molecule has 19 heavy (non-hydrogen) atoms. The number of rotatable bonds is 6. The monoisotopic (exact) mass is 286 g/mol. The number of amides is 2. The lowest BCUT2D eigenvalue weighted by molar-refractivity contribution is -0.160. The summed E-state index contributed by atoms with van der Waals surface area (Å²) < 4.78 is 0. The molecule has 4 nitrogen and oxygen atoms in total. The van der Waals surface area contributed by atoms with Crippen LogP contribution in [0.3, 0.4) is 0 Å². The van der Waals surface area contributed by atoms with Gasteiger partial charge in [-0.3, -0.25) is 9.59 Å². The van der Waals surface area contributed by atoms with Gasteiger partial charge in [-0.2, -0.15) is 11.8 Å². The largest absolute Gasteiger partial charge is 0.340 e. The van der Waals surface area contributed by atoms with Crippen molar-refractivity contribution in [3.8, 4) is 0 Å². The topological polar surface area (TPSA) is 49.4 Å². The van der Waals surface area contributed by atoms with Crippen LogP contribution in [0.25, 0.3) is 0 Å². The van der Waals surface area contributed by atoms with Gasteiger partial charge in [0.25, 0.3) is 0 Å². The Kier molecular flexibility index (Phi) is 5.30. The van der Waals surface area contributed by atoms with Crippen LogP contribution in [0, 0.1) is 0 Å². The molecule has 0 aromatic heterocycles.